The van der Waals surface area contributed by atoms with Gasteiger partial charge in [0.2, 0.25) is 0 Å². The summed E-state index contributed by atoms with van der Waals surface area (Å²) in [5.41, 5.74) is 3.99. The molecule has 0 saturated heterocycles. The third-order valence-corrected chi connectivity index (χ3v) is 2.56. The molecule has 0 heterocycles. The van der Waals surface area contributed by atoms with Gasteiger partial charge in [-0.1, -0.05) is 53.7 Å². The maximum atomic E-state index is 2.26. The van der Waals surface area contributed by atoms with E-state index in [1.807, 2.05) is 13.0 Å². The van der Waals surface area contributed by atoms with Crippen LogP contribution in [0.3, 0.4) is 0 Å². The highest BCUT2D eigenvalue weighted by Gasteiger charge is 1.89. The smallest absolute Gasteiger partial charge is 0.0160 e. The fraction of sp³-hybridized carbons (Fsp3) is 0.375. The van der Waals surface area contributed by atoms with E-state index in [1.165, 1.54) is 16.7 Å². The molecule has 0 bridgehead atoms. The Morgan fingerprint density at radius 1 is 1.00 bits per heavy atom. The Morgan fingerprint density at radius 2 is 1.69 bits per heavy atom. The average Bonchev–Trinajstić information content (AvgIpc) is 2.30. The van der Waals surface area contributed by atoms with Crippen molar-refractivity contribution in [1.29, 1.82) is 0 Å². The summed E-state index contributed by atoms with van der Waals surface area (Å²) in [5, 5.41) is 0. The quantitative estimate of drug-likeness (QED) is 0.542. The van der Waals surface area contributed by atoms with Crippen molar-refractivity contribution in [2.75, 3.05) is 0 Å². The van der Waals surface area contributed by atoms with E-state index in [4.69, 9.17) is 0 Å². The SMILES string of the molecule is C/C=C/C=C(C)\C(C)=C/C/C=C\C(C)=C\C. The first-order chi connectivity index (χ1) is 7.61. The van der Waals surface area contributed by atoms with Gasteiger partial charge in [0.15, 0.2) is 0 Å². The second-order valence-corrected chi connectivity index (χ2v) is 3.93. The molecule has 0 atom stereocenters. The molecule has 0 radical (unpaired) electrons. The van der Waals surface area contributed by atoms with E-state index in [-0.39, 0.29) is 0 Å². The lowest BCUT2D eigenvalue weighted by atomic mass is 10.1. The van der Waals surface area contributed by atoms with E-state index in [1.54, 1.807) is 0 Å². The van der Waals surface area contributed by atoms with Gasteiger partial charge >= 0.3 is 0 Å². The molecule has 16 heavy (non-hydrogen) atoms. The highest BCUT2D eigenvalue weighted by atomic mass is 14.0. The zero-order chi connectivity index (χ0) is 12.4. The van der Waals surface area contributed by atoms with Crippen LogP contribution >= 0.6 is 0 Å². The summed E-state index contributed by atoms with van der Waals surface area (Å²) in [6.45, 7) is 10.5. The van der Waals surface area contributed by atoms with Gasteiger partial charge in [0.1, 0.15) is 0 Å². The highest BCUT2D eigenvalue weighted by Crippen LogP contribution is 2.09. The van der Waals surface area contributed by atoms with Gasteiger partial charge in [0.25, 0.3) is 0 Å². The van der Waals surface area contributed by atoms with Crippen LogP contribution in [0.25, 0.3) is 0 Å². The first-order valence-electron chi connectivity index (χ1n) is 5.88. The molecule has 0 aromatic carbocycles. The van der Waals surface area contributed by atoms with Crippen LogP contribution in [0, 0.1) is 0 Å². The molecule has 0 aliphatic heterocycles. The van der Waals surface area contributed by atoms with Crippen molar-refractivity contribution in [1.82, 2.24) is 0 Å². The predicted octanol–water partition coefficient (Wildman–Crippen LogP) is 5.37. The second-order valence-electron chi connectivity index (χ2n) is 3.93. The minimum absolute atomic E-state index is 0.998. The standard InChI is InChI=1S/C16H24/c1-6-8-12-15(4)16(5)13-10-9-11-14(3)7-2/h6-9,11-13H,10H2,1-5H3/b8-6+,11-9-,14-7+,15-12-,16-13-. The Labute approximate surface area is 101 Å². The molecule has 0 N–H and O–H groups in total. The van der Waals surface area contributed by atoms with Gasteiger partial charge in [-0.05, 0) is 46.6 Å². The van der Waals surface area contributed by atoms with Crippen molar-refractivity contribution >= 4 is 0 Å². The minimum atomic E-state index is 0.998. The molecule has 0 aromatic heterocycles. The monoisotopic (exact) mass is 216 g/mol. The molecule has 0 aliphatic rings. The third kappa shape index (κ3) is 7.05. The summed E-state index contributed by atoms with van der Waals surface area (Å²) in [6.07, 6.45) is 16.0. The fourth-order valence-electron chi connectivity index (χ4n) is 1.13. The molecule has 0 unspecified atom stereocenters. The summed E-state index contributed by atoms with van der Waals surface area (Å²) in [6, 6.07) is 0. The van der Waals surface area contributed by atoms with Gasteiger partial charge in [-0.25, -0.2) is 0 Å². The minimum Gasteiger partial charge on any atom is -0.0877 e. The Balaban J connectivity index is 4.30. The van der Waals surface area contributed by atoms with E-state index in [0.717, 1.165) is 6.42 Å². The lowest BCUT2D eigenvalue weighted by Gasteiger charge is -1.98. The summed E-state index contributed by atoms with van der Waals surface area (Å²) in [4.78, 5) is 0. The maximum Gasteiger partial charge on any atom is -0.0160 e. The Bertz CT molecular complexity index is 333. The molecule has 0 rings (SSSR count). The molecule has 0 heteroatoms. The molecule has 0 spiro atoms. The van der Waals surface area contributed by atoms with Gasteiger partial charge in [-0.15, -0.1) is 0 Å². The van der Waals surface area contributed by atoms with E-state index in [9.17, 15) is 0 Å². The van der Waals surface area contributed by atoms with Crippen LogP contribution in [0.5, 0.6) is 0 Å². The Hall–Kier alpha value is -1.30. The van der Waals surface area contributed by atoms with Gasteiger partial charge in [-0.2, -0.15) is 0 Å². The maximum absolute atomic E-state index is 2.26. The lowest BCUT2D eigenvalue weighted by Crippen LogP contribution is -1.78. The molecule has 0 nitrogen and oxygen atoms in total. The van der Waals surface area contributed by atoms with E-state index >= 15 is 0 Å². The number of rotatable bonds is 5. The van der Waals surface area contributed by atoms with Gasteiger partial charge < -0.3 is 0 Å². The third-order valence-electron chi connectivity index (χ3n) is 2.56. The first-order valence-corrected chi connectivity index (χ1v) is 5.88. The topological polar surface area (TPSA) is 0 Å². The normalized spacial score (nSPS) is 15.4. The van der Waals surface area contributed by atoms with Crippen molar-refractivity contribution < 1.29 is 0 Å². The molecular formula is C16H24. The van der Waals surface area contributed by atoms with Crippen molar-refractivity contribution in [3.05, 3.63) is 59.3 Å². The summed E-state index contributed by atoms with van der Waals surface area (Å²) < 4.78 is 0. The summed E-state index contributed by atoms with van der Waals surface area (Å²) >= 11 is 0. The van der Waals surface area contributed by atoms with Crippen LogP contribution in [-0.2, 0) is 0 Å². The first kappa shape index (κ1) is 14.7. The van der Waals surface area contributed by atoms with Crippen LogP contribution < -0.4 is 0 Å². The van der Waals surface area contributed by atoms with Crippen LogP contribution in [0.4, 0.5) is 0 Å². The highest BCUT2D eigenvalue weighted by molar-refractivity contribution is 5.30. The van der Waals surface area contributed by atoms with Crippen molar-refractivity contribution in [3.8, 4) is 0 Å². The second kappa shape index (κ2) is 8.96. The van der Waals surface area contributed by atoms with Crippen LogP contribution in [0.1, 0.15) is 41.0 Å². The van der Waals surface area contributed by atoms with Gasteiger partial charge in [0.05, 0.1) is 0 Å². The van der Waals surface area contributed by atoms with Crippen molar-refractivity contribution in [2.45, 2.75) is 41.0 Å². The number of hydrogen-bond donors (Lipinski definition) is 0. The van der Waals surface area contributed by atoms with E-state index in [2.05, 4.69) is 64.2 Å². The van der Waals surface area contributed by atoms with Crippen LogP contribution in [0.2, 0.25) is 0 Å². The van der Waals surface area contributed by atoms with E-state index in [0.29, 0.717) is 0 Å². The van der Waals surface area contributed by atoms with Crippen molar-refractivity contribution in [3.63, 3.8) is 0 Å². The molecular weight excluding hydrogens is 192 g/mol. The van der Waals surface area contributed by atoms with Gasteiger partial charge in [-0.3, -0.25) is 0 Å². The average molecular weight is 216 g/mol. The zero-order valence-corrected chi connectivity index (χ0v) is 11.2. The number of allylic oxidation sites excluding steroid dienone is 10. The Morgan fingerprint density at radius 3 is 2.25 bits per heavy atom. The fourth-order valence-corrected chi connectivity index (χ4v) is 1.13. The lowest BCUT2D eigenvalue weighted by molar-refractivity contribution is 1.26. The van der Waals surface area contributed by atoms with Crippen LogP contribution in [0.15, 0.2) is 59.3 Å². The summed E-state index contributed by atoms with van der Waals surface area (Å²) in [7, 11) is 0. The van der Waals surface area contributed by atoms with Gasteiger partial charge in [0, 0.05) is 0 Å². The largest absolute Gasteiger partial charge is 0.0877 e. The molecule has 0 aromatic rings. The van der Waals surface area contributed by atoms with Crippen molar-refractivity contribution in [2.24, 2.45) is 0 Å². The molecule has 0 saturated carbocycles. The number of hydrogen-bond acceptors (Lipinski definition) is 0. The molecule has 0 amide bonds. The van der Waals surface area contributed by atoms with E-state index < -0.39 is 0 Å². The molecule has 0 aliphatic carbocycles. The zero-order valence-electron chi connectivity index (χ0n) is 11.2. The Kier molecular flexibility index (Phi) is 8.24. The summed E-state index contributed by atoms with van der Waals surface area (Å²) in [5.74, 6) is 0. The van der Waals surface area contributed by atoms with Crippen LogP contribution in [-0.4, -0.2) is 0 Å². The molecule has 0 fully saturated rings. The predicted molar refractivity (Wildman–Crippen MR) is 75.5 cm³/mol. The molecule has 88 valence electrons.